The lowest BCUT2D eigenvalue weighted by atomic mass is 10.1. The molecule has 1 fully saturated rings. The minimum Gasteiger partial charge on any atom is -0.303 e. The molecule has 0 spiro atoms. The Morgan fingerprint density at radius 2 is 2.25 bits per heavy atom. The first kappa shape index (κ1) is 6.81. The van der Waals surface area contributed by atoms with Gasteiger partial charge in [0, 0.05) is 6.04 Å². The van der Waals surface area contributed by atoms with E-state index < -0.39 is 0 Å². The molecule has 1 saturated heterocycles. The Labute approximate surface area is 64.4 Å². The van der Waals surface area contributed by atoms with E-state index in [9.17, 15) is 0 Å². The van der Waals surface area contributed by atoms with Crippen molar-refractivity contribution in [3.8, 4) is 0 Å². The molecule has 0 radical (unpaired) electrons. The highest BCUT2D eigenvalue weighted by atomic mass is 127. The molecule has 0 aromatic carbocycles. The number of hydrogen-bond acceptors (Lipinski definition) is 1. The number of halogens is 1. The van der Waals surface area contributed by atoms with E-state index in [0.29, 0.717) is 0 Å². The third-order valence-corrected chi connectivity index (χ3v) is 2.54. The van der Waals surface area contributed by atoms with Gasteiger partial charge in [-0.15, -0.1) is 0 Å². The van der Waals surface area contributed by atoms with Gasteiger partial charge < -0.3 is 5.32 Å². The van der Waals surface area contributed by atoms with Crippen LogP contribution in [0.3, 0.4) is 0 Å². The third kappa shape index (κ3) is 1.90. The quantitative estimate of drug-likeness (QED) is 0.377. The minimum absolute atomic E-state index is 0.733. The fourth-order valence-electron chi connectivity index (χ4n) is 1.08. The molecule has 0 aromatic rings. The molecular formula is C6H12IN. The first-order chi connectivity index (χ1) is 3.79. The minimum atomic E-state index is 0.733. The van der Waals surface area contributed by atoms with Gasteiger partial charge in [-0.1, -0.05) is 22.6 Å². The van der Waals surface area contributed by atoms with Crippen molar-refractivity contribution in [1.29, 1.82) is 0 Å². The normalized spacial score (nSPS) is 39.8. The van der Waals surface area contributed by atoms with Crippen LogP contribution in [0.25, 0.3) is 0 Å². The summed E-state index contributed by atoms with van der Waals surface area (Å²) in [7, 11) is 0. The summed E-state index contributed by atoms with van der Waals surface area (Å²) in [4.78, 5) is 0. The second-order valence-corrected chi connectivity index (χ2v) is 3.97. The highest BCUT2D eigenvalue weighted by Gasteiger charge is 2.13. The topological polar surface area (TPSA) is 12.0 Å². The highest BCUT2D eigenvalue weighted by molar-refractivity contribution is 14.1. The van der Waals surface area contributed by atoms with E-state index in [1.807, 2.05) is 0 Å². The largest absolute Gasteiger partial charge is 0.303 e. The van der Waals surface area contributed by atoms with Gasteiger partial charge in [0.25, 0.3) is 0 Å². The molecule has 0 amide bonds. The van der Waals surface area contributed by atoms with Gasteiger partial charge in [0.15, 0.2) is 0 Å². The van der Waals surface area contributed by atoms with Crippen molar-refractivity contribution >= 4 is 22.6 Å². The lowest BCUT2D eigenvalue weighted by Gasteiger charge is -2.24. The molecule has 2 heteroatoms. The van der Waals surface area contributed by atoms with Gasteiger partial charge in [-0.3, -0.25) is 0 Å². The van der Waals surface area contributed by atoms with Gasteiger partial charge in [0.05, 0.1) is 4.05 Å². The van der Waals surface area contributed by atoms with Crippen molar-refractivity contribution in [2.45, 2.75) is 36.3 Å². The predicted molar refractivity (Wildman–Crippen MR) is 44.3 cm³/mol. The van der Waals surface area contributed by atoms with E-state index in [1.54, 1.807) is 0 Å². The maximum atomic E-state index is 3.47. The van der Waals surface area contributed by atoms with Crippen LogP contribution in [0.2, 0.25) is 0 Å². The summed E-state index contributed by atoms with van der Waals surface area (Å²) < 4.78 is 0.733. The van der Waals surface area contributed by atoms with Crippen molar-refractivity contribution in [1.82, 2.24) is 5.32 Å². The van der Waals surface area contributed by atoms with Crippen molar-refractivity contribution in [2.75, 3.05) is 0 Å². The Hall–Kier alpha value is 0.690. The van der Waals surface area contributed by atoms with Crippen LogP contribution >= 0.6 is 22.6 Å². The van der Waals surface area contributed by atoms with Gasteiger partial charge in [-0.2, -0.15) is 0 Å². The summed E-state index contributed by atoms with van der Waals surface area (Å²) in [6.45, 7) is 2.25. The monoisotopic (exact) mass is 225 g/mol. The number of alkyl halides is 1. The molecule has 8 heavy (non-hydrogen) atoms. The Bertz CT molecular complexity index is 66.9. The molecule has 0 bridgehead atoms. The molecule has 0 unspecified atom stereocenters. The van der Waals surface area contributed by atoms with Gasteiger partial charge in [-0.25, -0.2) is 0 Å². The molecule has 0 saturated carbocycles. The maximum Gasteiger partial charge on any atom is 0.0595 e. The van der Waals surface area contributed by atoms with Crippen LogP contribution < -0.4 is 5.32 Å². The number of nitrogens with one attached hydrogen (secondary N) is 1. The summed E-state index contributed by atoms with van der Waals surface area (Å²) in [6, 6.07) is 0.755. The van der Waals surface area contributed by atoms with Crippen molar-refractivity contribution < 1.29 is 0 Å². The molecule has 1 heterocycles. The Balaban J connectivity index is 2.23. The van der Waals surface area contributed by atoms with E-state index >= 15 is 0 Å². The van der Waals surface area contributed by atoms with Crippen LogP contribution in [0.4, 0.5) is 0 Å². The Kier molecular flexibility index (Phi) is 2.56. The fraction of sp³-hybridized carbons (Fsp3) is 1.00. The fourth-order valence-corrected chi connectivity index (χ4v) is 2.13. The molecule has 0 aromatic heterocycles. The van der Waals surface area contributed by atoms with Crippen LogP contribution in [0, 0.1) is 0 Å². The molecule has 1 nitrogen and oxygen atoms in total. The summed E-state index contributed by atoms with van der Waals surface area (Å²) in [6.07, 6.45) is 4.12. The van der Waals surface area contributed by atoms with Crippen LogP contribution in [-0.4, -0.2) is 10.1 Å². The van der Waals surface area contributed by atoms with Gasteiger partial charge >= 0.3 is 0 Å². The molecule has 2 atom stereocenters. The number of rotatable bonds is 0. The lowest BCUT2D eigenvalue weighted by Crippen LogP contribution is -2.36. The third-order valence-electron chi connectivity index (χ3n) is 1.56. The van der Waals surface area contributed by atoms with Crippen LogP contribution in [0.15, 0.2) is 0 Å². The molecule has 1 rings (SSSR count). The van der Waals surface area contributed by atoms with Crippen molar-refractivity contribution in [3.05, 3.63) is 0 Å². The van der Waals surface area contributed by atoms with Gasteiger partial charge in [-0.05, 0) is 26.2 Å². The SMILES string of the molecule is C[C@H]1CCC[C@@H](I)N1. The van der Waals surface area contributed by atoms with Crippen LogP contribution in [-0.2, 0) is 0 Å². The van der Waals surface area contributed by atoms with Crippen LogP contribution in [0.5, 0.6) is 0 Å². The first-order valence-electron chi connectivity index (χ1n) is 3.19. The van der Waals surface area contributed by atoms with Crippen molar-refractivity contribution in [2.24, 2.45) is 0 Å². The van der Waals surface area contributed by atoms with E-state index in [2.05, 4.69) is 34.8 Å². The second kappa shape index (κ2) is 3.01. The van der Waals surface area contributed by atoms with E-state index in [4.69, 9.17) is 0 Å². The standard InChI is InChI=1S/C6H12IN/c1-5-3-2-4-6(7)8-5/h5-6,8H,2-4H2,1H3/t5-,6-/m0/s1. The molecule has 1 aliphatic heterocycles. The number of piperidine rings is 1. The van der Waals surface area contributed by atoms with E-state index in [1.165, 1.54) is 19.3 Å². The van der Waals surface area contributed by atoms with Crippen molar-refractivity contribution in [3.63, 3.8) is 0 Å². The second-order valence-electron chi connectivity index (χ2n) is 2.47. The lowest BCUT2D eigenvalue weighted by molar-refractivity contribution is 0.413. The summed E-state index contributed by atoms with van der Waals surface area (Å²) >= 11 is 2.46. The van der Waals surface area contributed by atoms with Gasteiger partial charge in [0.2, 0.25) is 0 Å². The van der Waals surface area contributed by atoms with E-state index in [-0.39, 0.29) is 0 Å². The molecule has 1 N–H and O–H groups in total. The summed E-state index contributed by atoms with van der Waals surface area (Å²) in [5.41, 5.74) is 0. The first-order valence-corrected chi connectivity index (χ1v) is 4.44. The summed E-state index contributed by atoms with van der Waals surface area (Å²) in [5.74, 6) is 0. The predicted octanol–water partition coefficient (Wildman–Crippen LogP) is 1.91. The molecule has 1 aliphatic rings. The zero-order valence-electron chi connectivity index (χ0n) is 5.15. The molecular weight excluding hydrogens is 213 g/mol. The smallest absolute Gasteiger partial charge is 0.0595 e. The highest BCUT2D eigenvalue weighted by Crippen LogP contribution is 2.15. The molecule has 0 aliphatic carbocycles. The number of hydrogen-bond donors (Lipinski definition) is 1. The average Bonchev–Trinajstić information content (AvgIpc) is 1.64. The Morgan fingerprint density at radius 3 is 2.62 bits per heavy atom. The van der Waals surface area contributed by atoms with E-state index in [0.717, 1.165) is 10.1 Å². The molecule has 48 valence electrons. The Morgan fingerprint density at radius 1 is 1.50 bits per heavy atom. The average molecular weight is 225 g/mol. The zero-order valence-corrected chi connectivity index (χ0v) is 7.31. The maximum absolute atomic E-state index is 3.47. The van der Waals surface area contributed by atoms with Crippen LogP contribution in [0.1, 0.15) is 26.2 Å². The summed E-state index contributed by atoms with van der Waals surface area (Å²) in [5, 5.41) is 3.47. The zero-order chi connectivity index (χ0) is 5.98. The van der Waals surface area contributed by atoms with Gasteiger partial charge in [0.1, 0.15) is 0 Å².